The fourth-order valence-corrected chi connectivity index (χ4v) is 2.90. The Bertz CT molecular complexity index is 1020. The molecule has 3 aromatic rings. The van der Waals surface area contributed by atoms with Gasteiger partial charge in [-0.3, -0.25) is 4.79 Å². The molecule has 150 valence electrons. The number of ether oxygens (including phenoxy) is 4. The zero-order valence-electron chi connectivity index (χ0n) is 15.6. The van der Waals surface area contributed by atoms with E-state index in [4.69, 9.17) is 30.5 Å². The molecule has 1 aliphatic rings. The van der Waals surface area contributed by atoms with Crippen molar-refractivity contribution in [3.63, 3.8) is 0 Å². The van der Waals surface area contributed by atoms with E-state index in [9.17, 15) is 4.79 Å². The van der Waals surface area contributed by atoms with Crippen LogP contribution in [0, 0.1) is 0 Å². The number of carbonyl (C=O) groups is 1. The second-order valence-corrected chi connectivity index (χ2v) is 6.49. The first-order chi connectivity index (χ1) is 14.2. The third-order valence-corrected chi connectivity index (χ3v) is 4.42. The minimum Gasteiger partial charge on any atom is -0.460 e. The maximum atomic E-state index is 13.1. The molecule has 0 saturated heterocycles. The molecule has 0 spiro atoms. The first-order valence-electron chi connectivity index (χ1n) is 9.03. The van der Waals surface area contributed by atoms with E-state index >= 15 is 0 Å². The molecule has 1 aromatic heterocycles. The van der Waals surface area contributed by atoms with Crippen molar-refractivity contribution in [2.75, 3.05) is 26.6 Å². The summed E-state index contributed by atoms with van der Waals surface area (Å²) in [6.07, 6.45) is 0. The lowest BCUT2D eigenvalue weighted by atomic mass is 10.1. The number of halogens is 1. The Balaban J connectivity index is 1.68. The zero-order valence-corrected chi connectivity index (χ0v) is 16.4. The fourth-order valence-electron chi connectivity index (χ4n) is 2.77. The summed E-state index contributed by atoms with van der Waals surface area (Å²) in [4.78, 5) is 17.5. The summed E-state index contributed by atoms with van der Waals surface area (Å²) in [6.45, 7) is 3.31. The van der Waals surface area contributed by atoms with Crippen molar-refractivity contribution < 1.29 is 23.7 Å². The standard InChI is InChI=1S/C20H18ClN3O5/c1-2-26-9-10-27-20-22-18(14-5-8-16-17(11-14)29-12-28-16)24(23-20)19(25)13-3-6-15(21)7-4-13/h3-8,11H,2,9-10,12H2,1H3. The Morgan fingerprint density at radius 1 is 1.14 bits per heavy atom. The molecule has 0 aliphatic carbocycles. The normalized spacial score (nSPS) is 12.2. The first kappa shape index (κ1) is 19.2. The van der Waals surface area contributed by atoms with E-state index in [0.29, 0.717) is 46.7 Å². The van der Waals surface area contributed by atoms with Gasteiger partial charge in [-0.15, -0.1) is 5.10 Å². The van der Waals surface area contributed by atoms with E-state index in [1.54, 1.807) is 42.5 Å². The number of benzene rings is 2. The lowest BCUT2D eigenvalue weighted by molar-refractivity contribution is 0.0938. The van der Waals surface area contributed by atoms with Gasteiger partial charge in [-0.05, 0) is 49.4 Å². The topological polar surface area (TPSA) is 84.7 Å². The Kier molecular flexibility index (Phi) is 5.64. The molecule has 29 heavy (non-hydrogen) atoms. The van der Waals surface area contributed by atoms with Gasteiger partial charge in [-0.2, -0.15) is 9.67 Å². The SMILES string of the molecule is CCOCCOc1nc(-c2ccc3c(c2)OCO3)n(C(=O)c2ccc(Cl)cc2)n1. The first-order valence-corrected chi connectivity index (χ1v) is 9.41. The summed E-state index contributed by atoms with van der Waals surface area (Å²) in [5, 5.41) is 4.79. The monoisotopic (exact) mass is 415 g/mol. The summed E-state index contributed by atoms with van der Waals surface area (Å²) in [5.74, 6) is 1.18. The molecule has 2 aromatic carbocycles. The molecule has 1 aliphatic heterocycles. The number of hydrogen-bond acceptors (Lipinski definition) is 7. The molecule has 9 heteroatoms. The predicted octanol–water partition coefficient (Wildman–Crippen LogP) is 3.43. The van der Waals surface area contributed by atoms with Gasteiger partial charge in [-0.1, -0.05) is 11.6 Å². The summed E-state index contributed by atoms with van der Waals surface area (Å²) in [6, 6.07) is 11.9. The Hall–Kier alpha value is -3.10. The van der Waals surface area contributed by atoms with Crippen molar-refractivity contribution in [1.82, 2.24) is 14.8 Å². The summed E-state index contributed by atoms with van der Waals surface area (Å²) in [5.41, 5.74) is 1.06. The number of hydrogen-bond donors (Lipinski definition) is 0. The van der Waals surface area contributed by atoms with Crippen LogP contribution in [0.1, 0.15) is 17.3 Å². The van der Waals surface area contributed by atoms with Gasteiger partial charge < -0.3 is 18.9 Å². The highest BCUT2D eigenvalue weighted by Crippen LogP contribution is 2.36. The van der Waals surface area contributed by atoms with Crippen LogP contribution in [0.15, 0.2) is 42.5 Å². The highest BCUT2D eigenvalue weighted by atomic mass is 35.5. The van der Waals surface area contributed by atoms with Crippen molar-refractivity contribution in [2.45, 2.75) is 6.92 Å². The third kappa shape index (κ3) is 4.18. The van der Waals surface area contributed by atoms with Gasteiger partial charge in [0.15, 0.2) is 17.3 Å². The third-order valence-electron chi connectivity index (χ3n) is 4.16. The quantitative estimate of drug-likeness (QED) is 0.546. The van der Waals surface area contributed by atoms with E-state index in [0.717, 1.165) is 0 Å². The predicted molar refractivity (Wildman–Crippen MR) is 105 cm³/mol. The molecule has 0 unspecified atom stereocenters. The molecule has 0 bridgehead atoms. The van der Waals surface area contributed by atoms with Crippen molar-refractivity contribution >= 4 is 17.5 Å². The highest BCUT2D eigenvalue weighted by Gasteiger charge is 2.22. The summed E-state index contributed by atoms with van der Waals surface area (Å²) < 4.78 is 22.8. The minimum atomic E-state index is -0.360. The molecular formula is C20H18ClN3O5. The molecule has 0 saturated carbocycles. The largest absolute Gasteiger partial charge is 0.460 e. The van der Waals surface area contributed by atoms with Gasteiger partial charge in [0, 0.05) is 22.8 Å². The van der Waals surface area contributed by atoms with Crippen LogP contribution in [-0.4, -0.2) is 47.3 Å². The number of rotatable bonds is 7. The zero-order chi connectivity index (χ0) is 20.2. The summed E-state index contributed by atoms with van der Waals surface area (Å²) >= 11 is 5.93. The average molecular weight is 416 g/mol. The number of fused-ring (bicyclic) bond motifs is 1. The molecule has 0 N–H and O–H groups in total. The molecule has 0 amide bonds. The lowest BCUT2D eigenvalue weighted by Gasteiger charge is -2.05. The van der Waals surface area contributed by atoms with E-state index in [1.165, 1.54) is 4.68 Å². The van der Waals surface area contributed by atoms with Crippen LogP contribution in [0.25, 0.3) is 11.4 Å². The van der Waals surface area contributed by atoms with E-state index in [1.807, 2.05) is 6.92 Å². The van der Waals surface area contributed by atoms with Crippen molar-refractivity contribution in [3.8, 4) is 28.9 Å². The fraction of sp³-hybridized carbons (Fsp3) is 0.250. The van der Waals surface area contributed by atoms with Crippen LogP contribution in [-0.2, 0) is 4.74 Å². The van der Waals surface area contributed by atoms with Gasteiger partial charge in [0.25, 0.3) is 5.91 Å². The van der Waals surface area contributed by atoms with E-state index in [2.05, 4.69) is 10.1 Å². The van der Waals surface area contributed by atoms with Crippen LogP contribution in [0.5, 0.6) is 17.5 Å². The maximum Gasteiger partial charge on any atom is 0.336 e. The van der Waals surface area contributed by atoms with Crippen LogP contribution in [0.4, 0.5) is 0 Å². The second kappa shape index (κ2) is 8.50. The van der Waals surface area contributed by atoms with Crippen molar-refractivity contribution in [3.05, 3.63) is 53.1 Å². The van der Waals surface area contributed by atoms with Crippen LogP contribution in [0.2, 0.25) is 5.02 Å². The van der Waals surface area contributed by atoms with Gasteiger partial charge in [0.2, 0.25) is 6.79 Å². The molecule has 0 atom stereocenters. The Morgan fingerprint density at radius 3 is 2.72 bits per heavy atom. The lowest BCUT2D eigenvalue weighted by Crippen LogP contribution is -2.15. The van der Waals surface area contributed by atoms with E-state index in [-0.39, 0.29) is 25.3 Å². The van der Waals surface area contributed by atoms with Crippen molar-refractivity contribution in [1.29, 1.82) is 0 Å². The van der Waals surface area contributed by atoms with Gasteiger partial charge in [0.1, 0.15) is 6.61 Å². The van der Waals surface area contributed by atoms with E-state index < -0.39 is 0 Å². The second-order valence-electron chi connectivity index (χ2n) is 6.06. The molecular weight excluding hydrogens is 398 g/mol. The molecule has 2 heterocycles. The highest BCUT2D eigenvalue weighted by molar-refractivity contribution is 6.30. The van der Waals surface area contributed by atoms with Gasteiger partial charge >= 0.3 is 6.01 Å². The molecule has 4 rings (SSSR count). The number of aromatic nitrogens is 3. The van der Waals surface area contributed by atoms with Gasteiger partial charge in [0.05, 0.1) is 6.61 Å². The average Bonchev–Trinajstić information content (AvgIpc) is 3.37. The van der Waals surface area contributed by atoms with Crippen LogP contribution in [0.3, 0.4) is 0 Å². The Labute approximate surface area is 171 Å². The minimum absolute atomic E-state index is 0.0830. The van der Waals surface area contributed by atoms with Crippen LogP contribution >= 0.6 is 11.6 Å². The molecule has 0 radical (unpaired) electrons. The number of carbonyl (C=O) groups excluding carboxylic acids is 1. The number of nitrogens with zero attached hydrogens (tertiary/aromatic N) is 3. The smallest absolute Gasteiger partial charge is 0.336 e. The maximum absolute atomic E-state index is 13.1. The molecule has 0 fully saturated rings. The summed E-state index contributed by atoms with van der Waals surface area (Å²) in [7, 11) is 0. The van der Waals surface area contributed by atoms with Crippen LogP contribution < -0.4 is 14.2 Å². The molecule has 8 nitrogen and oxygen atoms in total. The van der Waals surface area contributed by atoms with Gasteiger partial charge in [-0.25, -0.2) is 0 Å². The Morgan fingerprint density at radius 2 is 1.93 bits per heavy atom. The van der Waals surface area contributed by atoms with Crippen molar-refractivity contribution in [2.24, 2.45) is 0 Å².